The number of ether oxygens (including phenoxy) is 3. The highest BCUT2D eigenvalue weighted by molar-refractivity contribution is 5.95. The van der Waals surface area contributed by atoms with Gasteiger partial charge in [-0.15, -0.1) is 0 Å². The van der Waals surface area contributed by atoms with E-state index in [1.807, 2.05) is 30.3 Å². The standard InChI is InChI=1S/C23H28N2O6/c1-29-21-11-20(12-24-13-21)25(19-5-3-2-4-6-19)23(28)31-15-18-9-7-17(8-10-18)14-30-16-22(26)27/h2-6,11-13,17-18H,7-10,14-16H2,1H3,(H,26,27). The van der Waals surface area contributed by atoms with Crippen molar-refractivity contribution in [1.82, 2.24) is 4.98 Å². The van der Waals surface area contributed by atoms with Gasteiger partial charge in [0, 0.05) is 6.07 Å². The molecule has 0 radical (unpaired) electrons. The molecule has 166 valence electrons. The lowest BCUT2D eigenvalue weighted by atomic mass is 9.83. The van der Waals surface area contributed by atoms with E-state index >= 15 is 0 Å². The summed E-state index contributed by atoms with van der Waals surface area (Å²) in [5, 5.41) is 8.66. The Balaban J connectivity index is 1.57. The number of carboxylic acids is 1. The number of hydrogen-bond acceptors (Lipinski definition) is 6. The molecule has 1 saturated carbocycles. The van der Waals surface area contributed by atoms with Crippen LogP contribution in [-0.4, -0.2) is 49.1 Å². The molecule has 1 N–H and O–H groups in total. The van der Waals surface area contributed by atoms with Crippen LogP contribution >= 0.6 is 0 Å². The maximum atomic E-state index is 13.0. The van der Waals surface area contributed by atoms with Crippen molar-refractivity contribution >= 4 is 23.4 Å². The lowest BCUT2D eigenvalue weighted by molar-refractivity contribution is -0.142. The topological polar surface area (TPSA) is 98.2 Å². The van der Waals surface area contributed by atoms with Gasteiger partial charge in [-0.1, -0.05) is 18.2 Å². The largest absolute Gasteiger partial charge is 0.495 e. The van der Waals surface area contributed by atoms with Gasteiger partial charge in [-0.25, -0.2) is 14.5 Å². The monoisotopic (exact) mass is 428 g/mol. The summed E-state index contributed by atoms with van der Waals surface area (Å²) in [6.07, 6.45) is 6.41. The molecule has 3 rings (SSSR count). The van der Waals surface area contributed by atoms with E-state index in [4.69, 9.17) is 19.3 Å². The minimum atomic E-state index is -0.949. The van der Waals surface area contributed by atoms with E-state index in [1.54, 1.807) is 25.6 Å². The van der Waals surface area contributed by atoms with E-state index in [9.17, 15) is 9.59 Å². The van der Waals surface area contributed by atoms with Gasteiger partial charge in [0.15, 0.2) is 0 Å². The lowest BCUT2D eigenvalue weighted by Crippen LogP contribution is -2.30. The molecule has 8 heteroatoms. The summed E-state index contributed by atoms with van der Waals surface area (Å²) in [5.41, 5.74) is 1.25. The van der Waals surface area contributed by atoms with Crippen LogP contribution in [0.1, 0.15) is 25.7 Å². The molecule has 1 aliphatic rings. The Kier molecular flexibility index (Phi) is 8.23. The first-order valence-electron chi connectivity index (χ1n) is 10.4. The predicted octanol–water partition coefficient (Wildman–Crippen LogP) is 4.27. The van der Waals surface area contributed by atoms with Gasteiger partial charge in [0.25, 0.3) is 0 Å². The lowest BCUT2D eigenvalue weighted by Gasteiger charge is -2.29. The van der Waals surface area contributed by atoms with Crippen LogP contribution in [0.2, 0.25) is 0 Å². The van der Waals surface area contributed by atoms with Crippen LogP contribution in [-0.2, 0) is 14.3 Å². The molecule has 0 saturated heterocycles. The van der Waals surface area contributed by atoms with Crippen LogP contribution in [0.15, 0.2) is 48.8 Å². The van der Waals surface area contributed by atoms with Crippen molar-refractivity contribution in [3.63, 3.8) is 0 Å². The molecule has 1 aromatic heterocycles. The molecule has 1 heterocycles. The maximum absolute atomic E-state index is 13.0. The molecule has 0 bridgehead atoms. The molecule has 0 spiro atoms. The number of amides is 1. The molecule has 0 unspecified atom stereocenters. The minimum absolute atomic E-state index is 0.258. The van der Waals surface area contributed by atoms with Gasteiger partial charge in [0.2, 0.25) is 0 Å². The molecule has 0 aliphatic heterocycles. The average molecular weight is 428 g/mol. The first-order chi connectivity index (χ1) is 15.1. The summed E-state index contributed by atoms with van der Waals surface area (Å²) in [6, 6.07) is 11.0. The van der Waals surface area contributed by atoms with Gasteiger partial charge >= 0.3 is 12.1 Å². The zero-order chi connectivity index (χ0) is 22.1. The van der Waals surface area contributed by atoms with Gasteiger partial charge in [0.1, 0.15) is 12.4 Å². The Morgan fingerprint density at radius 1 is 1.03 bits per heavy atom. The van der Waals surface area contributed by atoms with E-state index in [0.717, 1.165) is 25.7 Å². The van der Waals surface area contributed by atoms with Gasteiger partial charge < -0.3 is 19.3 Å². The van der Waals surface area contributed by atoms with E-state index < -0.39 is 12.1 Å². The normalized spacial score (nSPS) is 18.2. The third-order valence-electron chi connectivity index (χ3n) is 5.38. The van der Waals surface area contributed by atoms with Crippen LogP contribution < -0.4 is 9.64 Å². The minimum Gasteiger partial charge on any atom is -0.495 e. The predicted molar refractivity (Wildman–Crippen MR) is 115 cm³/mol. The number of pyridine rings is 1. The van der Waals surface area contributed by atoms with Crippen LogP contribution in [0.25, 0.3) is 0 Å². The number of aromatic nitrogens is 1. The maximum Gasteiger partial charge on any atom is 0.419 e. The number of benzene rings is 1. The quantitative estimate of drug-likeness (QED) is 0.637. The van der Waals surface area contributed by atoms with Crippen molar-refractivity contribution in [2.75, 3.05) is 31.8 Å². The van der Waals surface area contributed by atoms with Crippen molar-refractivity contribution in [3.05, 3.63) is 48.8 Å². The molecular weight excluding hydrogens is 400 g/mol. The van der Waals surface area contributed by atoms with Gasteiger partial charge in [0.05, 0.1) is 44.1 Å². The Labute approximate surface area is 181 Å². The molecule has 31 heavy (non-hydrogen) atoms. The number of hydrogen-bond donors (Lipinski definition) is 1. The summed E-state index contributed by atoms with van der Waals surface area (Å²) in [6.45, 7) is 0.539. The zero-order valence-electron chi connectivity index (χ0n) is 17.6. The van der Waals surface area contributed by atoms with Gasteiger partial charge in [-0.3, -0.25) is 4.98 Å². The van der Waals surface area contributed by atoms with Gasteiger partial charge in [-0.05, 0) is 49.7 Å². The number of carbonyl (C=O) groups excluding carboxylic acids is 1. The van der Waals surface area contributed by atoms with Crippen molar-refractivity contribution in [1.29, 1.82) is 0 Å². The average Bonchev–Trinajstić information content (AvgIpc) is 2.79. The molecule has 8 nitrogen and oxygen atoms in total. The Hall–Kier alpha value is -3.13. The summed E-state index contributed by atoms with van der Waals surface area (Å²) in [5.74, 6) is 0.236. The fraction of sp³-hybridized carbons (Fsp3) is 0.435. The highest BCUT2D eigenvalue weighted by Crippen LogP contribution is 2.31. The summed E-state index contributed by atoms with van der Waals surface area (Å²) >= 11 is 0. The number of rotatable bonds is 9. The number of nitrogens with zero attached hydrogens (tertiary/aromatic N) is 2. The van der Waals surface area contributed by atoms with E-state index in [2.05, 4.69) is 4.98 Å². The number of carboxylic acid groups (broad SMARTS) is 1. The van der Waals surface area contributed by atoms with E-state index in [1.165, 1.54) is 4.90 Å². The second kappa shape index (κ2) is 11.3. The molecule has 0 atom stereocenters. The highest BCUT2D eigenvalue weighted by atomic mass is 16.6. The van der Waals surface area contributed by atoms with Crippen molar-refractivity contribution in [2.24, 2.45) is 11.8 Å². The van der Waals surface area contributed by atoms with E-state index in [-0.39, 0.29) is 12.5 Å². The third kappa shape index (κ3) is 6.68. The van der Waals surface area contributed by atoms with Crippen molar-refractivity contribution in [3.8, 4) is 5.75 Å². The van der Waals surface area contributed by atoms with E-state index in [0.29, 0.717) is 36.3 Å². The van der Waals surface area contributed by atoms with Crippen LogP contribution in [0, 0.1) is 11.8 Å². The van der Waals surface area contributed by atoms with Crippen LogP contribution in [0.3, 0.4) is 0 Å². The first kappa shape index (κ1) is 22.6. The zero-order valence-corrected chi connectivity index (χ0v) is 17.6. The summed E-state index contributed by atoms with van der Waals surface area (Å²) in [4.78, 5) is 29.2. The fourth-order valence-corrected chi connectivity index (χ4v) is 3.71. The number of methoxy groups -OCH3 is 1. The second-order valence-electron chi connectivity index (χ2n) is 7.63. The Bertz CT molecular complexity index is 852. The first-order valence-corrected chi connectivity index (χ1v) is 10.4. The van der Waals surface area contributed by atoms with Gasteiger partial charge in [-0.2, -0.15) is 0 Å². The SMILES string of the molecule is COc1cncc(N(C(=O)OCC2CCC(COCC(=O)O)CC2)c2ccccc2)c1. The highest BCUT2D eigenvalue weighted by Gasteiger charge is 2.25. The number of carbonyl (C=O) groups is 2. The van der Waals surface area contributed by atoms with Crippen molar-refractivity contribution < 1.29 is 28.9 Å². The number of para-hydroxylation sites is 1. The Morgan fingerprint density at radius 3 is 2.35 bits per heavy atom. The fourth-order valence-electron chi connectivity index (χ4n) is 3.71. The summed E-state index contributed by atoms with van der Waals surface area (Å²) < 4.78 is 16.1. The Morgan fingerprint density at radius 2 is 1.71 bits per heavy atom. The molecule has 1 amide bonds. The molecule has 1 fully saturated rings. The van der Waals surface area contributed by atoms with Crippen LogP contribution in [0.4, 0.5) is 16.2 Å². The van der Waals surface area contributed by atoms with Crippen molar-refractivity contribution in [2.45, 2.75) is 25.7 Å². The number of aliphatic carboxylic acids is 1. The molecule has 1 aromatic carbocycles. The molecule has 2 aromatic rings. The van der Waals surface area contributed by atoms with Crippen LogP contribution in [0.5, 0.6) is 5.75 Å². The smallest absolute Gasteiger partial charge is 0.419 e. The second-order valence-corrected chi connectivity index (χ2v) is 7.63. The molecular formula is C23H28N2O6. The third-order valence-corrected chi connectivity index (χ3v) is 5.38. The molecule has 1 aliphatic carbocycles. The summed E-state index contributed by atoms with van der Waals surface area (Å²) in [7, 11) is 1.55. The number of anilines is 2.